The van der Waals surface area contributed by atoms with Gasteiger partial charge in [0.05, 0.1) is 19.8 Å². The van der Waals surface area contributed by atoms with Crippen LogP contribution < -0.4 is 11.1 Å². The fourth-order valence-corrected chi connectivity index (χ4v) is 1.88. The lowest BCUT2D eigenvalue weighted by Gasteiger charge is -2.25. The SMILES string of the molecule is Cc1ccc(NC(=O)CN2CCOCC2)cc1N. The Hall–Kier alpha value is -1.59. The Bertz CT molecular complexity index is 428. The molecular formula is C13H19N3O2. The Morgan fingerprint density at radius 1 is 1.44 bits per heavy atom. The van der Waals surface area contributed by atoms with Gasteiger partial charge in [0.1, 0.15) is 0 Å². The lowest BCUT2D eigenvalue weighted by atomic mass is 10.2. The molecule has 1 aromatic carbocycles. The van der Waals surface area contributed by atoms with Crippen LogP contribution in [-0.4, -0.2) is 43.7 Å². The van der Waals surface area contributed by atoms with Gasteiger partial charge in [-0.1, -0.05) is 6.07 Å². The van der Waals surface area contributed by atoms with E-state index in [1.807, 2.05) is 19.1 Å². The molecule has 3 N–H and O–H groups in total. The molecule has 18 heavy (non-hydrogen) atoms. The summed E-state index contributed by atoms with van der Waals surface area (Å²) in [6, 6.07) is 5.55. The second-order valence-electron chi connectivity index (χ2n) is 4.51. The number of morpholine rings is 1. The number of benzene rings is 1. The molecule has 0 bridgehead atoms. The molecule has 2 rings (SSSR count). The van der Waals surface area contributed by atoms with Crippen molar-refractivity contribution in [3.63, 3.8) is 0 Å². The Morgan fingerprint density at radius 3 is 2.83 bits per heavy atom. The van der Waals surface area contributed by atoms with Crippen molar-refractivity contribution in [3.05, 3.63) is 23.8 Å². The Morgan fingerprint density at radius 2 is 2.17 bits per heavy atom. The summed E-state index contributed by atoms with van der Waals surface area (Å²) in [7, 11) is 0. The number of aryl methyl sites for hydroxylation is 1. The lowest BCUT2D eigenvalue weighted by Crippen LogP contribution is -2.41. The van der Waals surface area contributed by atoms with Crippen molar-refractivity contribution in [2.75, 3.05) is 43.9 Å². The van der Waals surface area contributed by atoms with Crippen LogP contribution in [0.3, 0.4) is 0 Å². The summed E-state index contributed by atoms with van der Waals surface area (Å²) in [6.07, 6.45) is 0. The first-order valence-electron chi connectivity index (χ1n) is 6.11. The summed E-state index contributed by atoms with van der Waals surface area (Å²) < 4.78 is 5.24. The maximum atomic E-state index is 11.8. The first kappa shape index (κ1) is 12.9. The van der Waals surface area contributed by atoms with Gasteiger partial charge in [-0.25, -0.2) is 0 Å². The van der Waals surface area contributed by atoms with Crippen LogP contribution in [0, 0.1) is 6.92 Å². The van der Waals surface area contributed by atoms with Crippen molar-refractivity contribution in [1.29, 1.82) is 0 Å². The zero-order valence-electron chi connectivity index (χ0n) is 10.6. The number of carbonyl (C=O) groups is 1. The highest BCUT2D eigenvalue weighted by Crippen LogP contribution is 2.16. The standard InChI is InChI=1S/C13H19N3O2/c1-10-2-3-11(8-12(10)14)15-13(17)9-16-4-6-18-7-5-16/h2-3,8H,4-7,9,14H2,1H3,(H,15,17). The lowest BCUT2D eigenvalue weighted by molar-refractivity contribution is -0.118. The number of carbonyl (C=O) groups excluding carboxylic acids is 1. The van der Waals surface area contributed by atoms with Crippen LogP contribution in [0.4, 0.5) is 11.4 Å². The highest BCUT2D eigenvalue weighted by Gasteiger charge is 2.14. The topological polar surface area (TPSA) is 67.6 Å². The Kier molecular flexibility index (Phi) is 4.17. The number of anilines is 2. The van der Waals surface area contributed by atoms with Crippen LogP contribution in [0.2, 0.25) is 0 Å². The van der Waals surface area contributed by atoms with E-state index in [4.69, 9.17) is 10.5 Å². The van der Waals surface area contributed by atoms with Crippen molar-refractivity contribution in [3.8, 4) is 0 Å². The molecule has 1 saturated heterocycles. The van der Waals surface area contributed by atoms with Crippen molar-refractivity contribution >= 4 is 17.3 Å². The van der Waals surface area contributed by atoms with Gasteiger partial charge in [0.2, 0.25) is 5.91 Å². The average molecular weight is 249 g/mol. The molecule has 0 aliphatic carbocycles. The number of nitrogen functional groups attached to an aromatic ring is 1. The summed E-state index contributed by atoms with van der Waals surface area (Å²) in [5, 5.41) is 2.86. The van der Waals surface area contributed by atoms with E-state index in [0.29, 0.717) is 25.4 Å². The molecule has 1 amide bonds. The molecule has 98 valence electrons. The summed E-state index contributed by atoms with van der Waals surface area (Å²) in [5.74, 6) is -0.0137. The number of nitrogens with zero attached hydrogens (tertiary/aromatic N) is 1. The fraction of sp³-hybridized carbons (Fsp3) is 0.462. The molecule has 0 radical (unpaired) electrons. The summed E-state index contributed by atoms with van der Waals surface area (Å²) in [5.41, 5.74) is 8.26. The van der Waals surface area contributed by atoms with Gasteiger partial charge in [0.15, 0.2) is 0 Å². The molecular weight excluding hydrogens is 230 g/mol. The van der Waals surface area contributed by atoms with Gasteiger partial charge in [-0.2, -0.15) is 0 Å². The number of amides is 1. The third-order valence-electron chi connectivity index (χ3n) is 3.03. The molecule has 0 unspecified atom stereocenters. The predicted molar refractivity (Wildman–Crippen MR) is 71.5 cm³/mol. The van der Waals surface area contributed by atoms with Crippen LogP contribution >= 0.6 is 0 Å². The number of ether oxygens (including phenoxy) is 1. The first-order valence-corrected chi connectivity index (χ1v) is 6.11. The van der Waals surface area contributed by atoms with E-state index >= 15 is 0 Å². The van der Waals surface area contributed by atoms with Crippen molar-refractivity contribution in [1.82, 2.24) is 4.90 Å². The molecule has 0 aromatic heterocycles. The van der Waals surface area contributed by atoms with Crippen LogP contribution in [0.15, 0.2) is 18.2 Å². The van der Waals surface area contributed by atoms with Gasteiger partial charge in [0.25, 0.3) is 0 Å². The Balaban J connectivity index is 1.88. The van der Waals surface area contributed by atoms with Crippen LogP contribution in [0.25, 0.3) is 0 Å². The van der Waals surface area contributed by atoms with Crippen molar-refractivity contribution < 1.29 is 9.53 Å². The predicted octanol–water partition coefficient (Wildman–Crippen LogP) is 0.848. The number of nitrogens with two attached hydrogens (primary N) is 1. The van der Waals surface area contributed by atoms with Gasteiger partial charge in [-0.15, -0.1) is 0 Å². The number of nitrogens with one attached hydrogen (secondary N) is 1. The summed E-state index contributed by atoms with van der Waals surface area (Å²) in [4.78, 5) is 13.9. The third kappa shape index (κ3) is 3.45. The number of hydrogen-bond acceptors (Lipinski definition) is 4. The maximum absolute atomic E-state index is 11.8. The van der Waals surface area contributed by atoms with E-state index in [2.05, 4.69) is 10.2 Å². The van der Waals surface area contributed by atoms with E-state index in [9.17, 15) is 4.79 Å². The highest BCUT2D eigenvalue weighted by atomic mass is 16.5. The monoisotopic (exact) mass is 249 g/mol. The largest absolute Gasteiger partial charge is 0.398 e. The molecule has 5 nitrogen and oxygen atoms in total. The maximum Gasteiger partial charge on any atom is 0.238 e. The van der Waals surface area contributed by atoms with Gasteiger partial charge in [-0.05, 0) is 24.6 Å². The third-order valence-corrected chi connectivity index (χ3v) is 3.03. The zero-order chi connectivity index (χ0) is 13.0. The first-order chi connectivity index (χ1) is 8.65. The second kappa shape index (κ2) is 5.84. The van der Waals surface area contributed by atoms with Crippen molar-refractivity contribution in [2.24, 2.45) is 0 Å². The molecule has 1 fully saturated rings. The van der Waals surface area contributed by atoms with Gasteiger partial charge in [0, 0.05) is 24.5 Å². The zero-order valence-corrected chi connectivity index (χ0v) is 10.6. The minimum absolute atomic E-state index is 0.0137. The minimum Gasteiger partial charge on any atom is -0.398 e. The van der Waals surface area contributed by atoms with E-state index in [-0.39, 0.29) is 5.91 Å². The van der Waals surface area contributed by atoms with Gasteiger partial charge < -0.3 is 15.8 Å². The summed E-state index contributed by atoms with van der Waals surface area (Å²) >= 11 is 0. The average Bonchev–Trinajstić information content (AvgIpc) is 2.35. The summed E-state index contributed by atoms with van der Waals surface area (Å²) in [6.45, 7) is 5.36. The highest BCUT2D eigenvalue weighted by molar-refractivity contribution is 5.92. The quantitative estimate of drug-likeness (QED) is 0.779. The van der Waals surface area contributed by atoms with Crippen LogP contribution in [0.1, 0.15) is 5.56 Å². The second-order valence-corrected chi connectivity index (χ2v) is 4.51. The van der Waals surface area contributed by atoms with Gasteiger partial charge in [-0.3, -0.25) is 9.69 Å². The number of hydrogen-bond donors (Lipinski definition) is 2. The molecule has 0 atom stereocenters. The van der Waals surface area contributed by atoms with E-state index in [1.54, 1.807) is 6.07 Å². The fourth-order valence-electron chi connectivity index (χ4n) is 1.88. The molecule has 1 aromatic rings. The van der Waals surface area contributed by atoms with Crippen LogP contribution in [0.5, 0.6) is 0 Å². The molecule has 1 heterocycles. The minimum atomic E-state index is -0.0137. The molecule has 1 aliphatic rings. The van der Waals surface area contributed by atoms with E-state index in [1.165, 1.54) is 0 Å². The molecule has 5 heteroatoms. The molecule has 0 saturated carbocycles. The van der Waals surface area contributed by atoms with Crippen molar-refractivity contribution in [2.45, 2.75) is 6.92 Å². The Labute approximate surface area is 107 Å². The van der Waals surface area contributed by atoms with E-state index < -0.39 is 0 Å². The van der Waals surface area contributed by atoms with Gasteiger partial charge >= 0.3 is 0 Å². The smallest absolute Gasteiger partial charge is 0.238 e. The van der Waals surface area contributed by atoms with Crippen LogP contribution in [-0.2, 0) is 9.53 Å². The number of rotatable bonds is 3. The molecule has 1 aliphatic heterocycles. The molecule has 0 spiro atoms. The normalized spacial score (nSPS) is 16.5. The van der Waals surface area contributed by atoms with E-state index in [0.717, 1.165) is 24.3 Å².